The average molecular weight is 311 g/mol. The fourth-order valence-corrected chi connectivity index (χ4v) is 4.22. The van der Waals surface area contributed by atoms with Crippen molar-refractivity contribution in [1.82, 2.24) is 10.2 Å². The highest BCUT2D eigenvalue weighted by molar-refractivity contribution is 5.03. The van der Waals surface area contributed by atoms with Gasteiger partial charge in [0.1, 0.15) is 0 Å². The Hall–Kier alpha value is -0.0800. The van der Waals surface area contributed by atoms with Crippen LogP contribution in [0, 0.1) is 0 Å². The van der Waals surface area contributed by atoms with Gasteiger partial charge in [-0.2, -0.15) is 0 Å². The SMILES string of the molecule is CCCCC1NCCN(CCCC)C1(CCCC)CCCC. The van der Waals surface area contributed by atoms with Crippen molar-refractivity contribution in [3.8, 4) is 0 Å². The van der Waals surface area contributed by atoms with E-state index in [1.54, 1.807) is 0 Å². The summed E-state index contributed by atoms with van der Waals surface area (Å²) in [6.45, 7) is 13.1. The van der Waals surface area contributed by atoms with Gasteiger partial charge in [0.05, 0.1) is 0 Å². The maximum Gasteiger partial charge on any atom is 0.0363 e. The minimum Gasteiger partial charge on any atom is -0.311 e. The lowest BCUT2D eigenvalue weighted by molar-refractivity contribution is -0.00268. The topological polar surface area (TPSA) is 15.3 Å². The molecule has 1 rings (SSSR count). The molecule has 0 aromatic rings. The molecule has 132 valence electrons. The van der Waals surface area contributed by atoms with E-state index in [0.29, 0.717) is 5.54 Å². The van der Waals surface area contributed by atoms with Crippen LogP contribution in [0.15, 0.2) is 0 Å². The fourth-order valence-electron chi connectivity index (χ4n) is 4.22. The normalized spacial score (nSPS) is 22.1. The Kier molecular flexibility index (Phi) is 10.4. The van der Waals surface area contributed by atoms with Crippen molar-refractivity contribution >= 4 is 0 Å². The summed E-state index contributed by atoms with van der Waals surface area (Å²) in [5.74, 6) is 0. The molecule has 1 saturated heterocycles. The molecule has 22 heavy (non-hydrogen) atoms. The first kappa shape index (κ1) is 20.0. The van der Waals surface area contributed by atoms with E-state index in [-0.39, 0.29) is 0 Å². The third kappa shape index (κ3) is 5.53. The van der Waals surface area contributed by atoms with Gasteiger partial charge in [0.25, 0.3) is 0 Å². The molecule has 0 saturated carbocycles. The molecular weight excluding hydrogens is 268 g/mol. The molecule has 1 atom stereocenters. The van der Waals surface area contributed by atoms with Crippen LogP contribution in [0.4, 0.5) is 0 Å². The molecule has 1 aliphatic heterocycles. The third-order valence-corrected chi connectivity index (χ3v) is 5.61. The summed E-state index contributed by atoms with van der Waals surface area (Å²) in [6, 6.07) is 0.719. The van der Waals surface area contributed by atoms with Crippen LogP contribution in [0.2, 0.25) is 0 Å². The Labute approximate surface area is 140 Å². The Morgan fingerprint density at radius 2 is 1.45 bits per heavy atom. The molecule has 1 unspecified atom stereocenters. The van der Waals surface area contributed by atoms with E-state index >= 15 is 0 Å². The number of nitrogens with one attached hydrogen (secondary N) is 1. The van der Waals surface area contributed by atoms with E-state index < -0.39 is 0 Å². The predicted molar refractivity (Wildman–Crippen MR) is 99.6 cm³/mol. The van der Waals surface area contributed by atoms with E-state index in [9.17, 15) is 0 Å². The Bertz CT molecular complexity index is 238. The van der Waals surface area contributed by atoms with Crippen LogP contribution in [0.5, 0.6) is 0 Å². The Morgan fingerprint density at radius 1 is 0.864 bits per heavy atom. The number of piperazine rings is 1. The molecule has 0 spiro atoms. The minimum atomic E-state index is 0.439. The van der Waals surface area contributed by atoms with E-state index in [4.69, 9.17) is 0 Å². The van der Waals surface area contributed by atoms with Crippen molar-refractivity contribution < 1.29 is 0 Å². The van der Waals surface area contributed by atoms with Gasteiger partial charge in [-0.1, -0.05) is 72.6 Å². The highest BCUT2D eigenvalue weighted by Gasteiger charge is 2.44. The van der Waals surface area contributed by atoms with Gasteiger partial charge in [0, 0.05) is 24.7 Å². The lowest BCUT2D eigenvalue weighted by atomic mass is 9.75. The van der Waals surface area contributed by atoms with E-state index in [1.165, 1.54) is 90.3 Å². The molecule has 1 heterocycles. The van der Waals surface area contributed by atoms with Crippen LogP contribution in [0.3, 0.4) is 0 Å². The largest absolute Gasteiger partial charge is 0.311 e. The van der Waals surface area contributed by atoms with Gasteiger partial charge in [-0.05, 0) is 32.2 Å². The van der Waals surface area contributed by atoms with Crippen LogP contribution in [0.1, 0.15) is 98.3 Å². The van der Waals surface area contributed by atoms with Crippen molar-refractivity contribution in [2.24, 2.45) is 0 Å². The van der Waals surface area contributed by atoms with Gasteiger partial charge in [0.15, 0.2) is 0 Å². The monoisotopic (exact) mass is 310 g/mol. The number of nitrogens with zero attached hydrogens (tertiary/aromatic N) is 1. The zero-order valence-electron chi connectivity index (χ0n) is 15.9. The Morgan fingerprint density at radius 3 is 2.00 bits per heavy atom. The van der Waals surface area contributed by atoms with E-state index in [1.807, 2.05) is 0 Å². The molecule has 1 aliphatic rings. The van der Waals surface area contributed by atoms with Crippen LogP contribution in [-0.4, -0.2) is 36.1 Å². The second-order valence-electron chi connectivity index (χ2n) is 7.30. The molecule has 2 heteroatoms. The predicted octanol–water partition coefficient (Wildman–Crippen LogP) is 5.37. The van der Waals surface area contributed by atoms with Crippen LogP contribution in [-0.2, 0) is 0 Å². The van der Waals surface area contributed by atoms with Crippen LogP contribution < -0.4 is 5.32 Å². The number of hydrogen-bond donors (Lipinski definition) is 1. The smallest absolute Gasteiger partial charge is 0.0363 e. The molecule has 0 amide bonds. The summed E-state index contributed by atoms with van der Waals surface area (Å²) < 4.78 is 0. The van der Waals surface area contributed by atoms with Gasteiger partial charge in [-0.15, -0.1) is 0 Å². The maximum atomic E-state index is 3.93. The van der Waals surface area contributed by atoms with Gasteiger partial charge in [-0.3, -0.25) is 4.90 Å². The number of unbranched alkanes of at least 4 members (excludes halogenated alkanes) is 4. The first-order chi connectivity index (χ1) is 10.7. The maximum absolute atomic E-state index is 3.93. The molecule has 1 N–H and O–H groups in total. The van der Waals surface area contributed by atoms with Gasteiger partial charge in [0.2, 0.25) is 0 Å². The summed E-state index contributed by atoms with van der Waals surface area (Å²) in [7, 11) is 0. The molecule has 2 nitrogen and oxygen atoms in total. The molecule has 1 fully saturated rings. The molecule has 0 aromatic heterocycles. The van der Waals surface area contributed by atoms with Crippen molar-refractivity contribution in [2.45, 2.75) is 110 Å². The molecule has 0 bridgehead atoms. The molecule has 0 radical (unpaired) electrons. The second kappa shape index (κ2) is 11.5. The zero-order chi connectivity index (χ0) is 16.3. The first-order valence-electron chi connectivity index (χ1n) is 10.2. The van der Waals surface area contributed by atoms with Crippen molar-refractivity contribution in [3.05, 3.63) is 0 Å². The van der Waals surface area contributed by atoms with Gasteiger partial charge >= 0.3 is 0 Å². The lowest BCUT2D eigenvalue weighted by Crippen LogP contribution is -2.67. The summed E-state index contributed by atoms with van der Waals surface area (Å²) in [6.07, 6.45) is 15.0. The highest BCUT2D eigenvalue weighted by atomic mass is 15.3. The molecule has 0 aromatic carbocycles. The number of hydrogen-bond acceptors (Lipinski definition) is 2. The summed E-state index contributed by atoms with van der Waals surface area (Å²) in [5.41, 5.74) is 0.439. The molecular formula is C20H42N2. The fraction of sp³-hybridized carbons (Fsp3) is 1.00. The van der Waals surface area contributed by atoms with E-state index in [2.05, 4.69) is 37.9 Å². The summed E-state index contributed by atoms with van der Waals surface area (Å²) in [5, 5.41) is 3.93. The van der Waals surface area contributed by atoms with Crippen molar-refractivity contribution in [2.75, 3.05) is 19.6 Å². The van der Waals surface area contributed by atoms with Crippen molar-refractivity contribution in [1.29, 1.82) is 0 Å². The van der Waals surface area contributed by atoms with Crippen LogP contribution in [0.25, 0.3) is 0 Å². The standard InChI is InChI=1S/C20H42N2/c1-5-9-13-19-20(14-10-6-2,15-11-7-3)22(17-12-8-4)18-16-21-19/h19,21H,5-18H2,1-4H3. The van der Waals surface area contributed by atoms with Crippen molar-refractivity contribution in [3.63, 3.8) is 0 Å². The summed E-state index contributed by atoms with van der Waals surface area (Å²) >= 11 is 0. The average Bonchev–Trinajstić information content (AvgIpc) is 2.55. The quantitative estimate of drug-likeness (QED) is 0.521. The minimum absolute atomic E-state index is 0.439. The summed E-state index contributed by atoms with van der Waals surface area (Å²) in [4.78, 5) is 2.90. The third-order valence-electron chi connectivity index (χ3n) is 5.61. The zero-order valence-corrected chi connectivity index (χ0v) is 15.9. The molecule has 0 aliphatic carbocycles. The first-order valence-corrected chi connectivity index (χ1v) is 10.2. The number of rotatable bonds is 12. The Balaban J connectivity index is 2.92. The van der Waals surface area contributed by atoms with Gasteiger partial charge in [-0.25, -0.2) is 0 Å². The van der Waals surface area contributed by atoms with Crippen LogP contribution >= 0.6 is 0 Å². The van der Waals surface area contributed by atoms with Gasteiger partial charge < -0.3 is 5.32 Å². The lowest BCUT2D eigenvalue weighted by Gasteiger charge is -2.54. The highest BCUT2D eigenvalue weighted by Crippen LogP contribution is 2.36. The van der Waals surface area contributed by atoms with E-state index in [0.717, 1.165) is 6.04 Å². The second-order valence-corrected chi connectivity index (χ2v) is 7.30.